The standard InChI is InChI=1S/C24H29FN4O3/c1-14-3-6-20(30)23-26-15(2)18(24(31)29(14)23)9-12-28-10-7-16(8-11-28)22-19-5-4-17(25)13-21(19)32-27-22/h4-5,13-14,16,20,30H,3,6-12H2,1-2H3/i9D2,12D2. The van der Waals surface area contributed by atoms with Crippen LogP contribution in [0.5, 0.6) is 0 Å². The lowest BCUT2D eigenvalue weighted by Gasteiger charge is -2.32. The molecule has 3 aromatic rings. The lowest BCUT2D eigenvalue weighted by molar-refractivity contribution is 0.119. The van der Waals surface area contributed by atoms with Crippen molar-refractivity contribution in [3.63, 3.8) is 0 Å². The van der Waals surface area contributed by atoms with Crippen LogP contribution in [0, 0.1) is 12.7 Å². The van der Waals surface area contributed by atoms with E-state index in [9.17, 15) is 14.3 Å². The second-order valence-corrected chi connectivity index (χ2v) is 8.75. The summed E-state index contributed by atoms with van der Waals surface area (Å²) < 4.78 is 55.3. The lowest BCUT2D eigenvalue weighted by Crippen LogP contribution is -2.38. The van der Waals surface area contributed by atoms with Crippen molar-refractivity contribution in [3.8, 4) is 0 Å². The van der Waals surface area contributed by atoms with Crippen LogP contribution in [0.4, 0.5) is 4.39 Å². The number of aliphatic hydroxyl groups is 1. The third-order valence-corrected chi connectivity index (χ3v) is 6.60. The van der Waals surface area contributed by atoms with Gasteiger partial charge in [-0.3, -0.25) is 9.36 Å². The Labute approximate surface area is 191 Å². The van der Waals surface area contributed by atoms with Crippen LogP contribution in [-0.4, -0.2) is 44.3 Å². The second kappa shape index (κ2) is 8.41. The van der Waals surface area contributed by atoms with Crippen molar-refractivity contribution in [2.75, 3.05) is 19.6 Å². The minimum absolute atomic E-state index is 0.0465. The molecule has 2 atom stereocenters. The Morgan fingerprint density at radius 2 is 2.06 bits per heavy atom. The lowest BCUT2D eigenvalue weighted by atomic mass is 9.91. The molecule has 1 saturated heterocycles. The molecule has 0 bridgehead atoms. The molecule has 4 heterocycles. The van der Waals surface area contributed by atoms with Gasteiger partial charge in [-0.15, -0.1) is 0 Å². The summed E-state index contributed by atoms with van der Waals surface area (Å²) in [5.41, 5.74) is 0.171. The van der Waals surface area contributed by atoms with Gasteiger partial charge in [0.05, 0.1) is 5.69 Å². The van der Waals surface area contributed by atoms with Gasteiger partial charge in [0.25, 0.3) is 5.56 Å². The van der Waals surface area contributed by atoms with Gasteiger partial charge in [-0.25, -0.2) is 9.37 Å². The number of piperidine rings is 1. The van der Waals surface area contributed by atoms with Gasteiger partial charge in [0.15, 0.2) is 5.58 Å². The molecule has 2 aromatic heterocycles. The highest BCUT2D eigenvalue weighted by Gasteiger charge is 2.29. The van der Waals surface area contributed by atoms with Crippen LogP contribution >= 0.6 is 0 Å². The third kappa shape index (κ3) is 3.75. The van der Waals surface area contributed by atoms with Crippen molar-refractivity contribution in [2.45, 2.75) is 64.0 Å². The Hall–Kier alpha value is -2.58. The number of fused-ring (bicyclic) bond motifs is 2. The van der Waals surface area contributed by atoms with E-state index >= 15 is 0 Å². The van der Waals surface area contributed by atoms with E-state index in [1.54, 1.807) is 6.07 Å². The van der Waals surface area contributed by atoms with Gasteiger partial charge in [-0.05, 0) is 71.1 Å². The molecule has 7 nitrogen and oxygen atoms in total. The summed E-state index contributed by atoms with van der Waals surface area (Å²) >= 11 is 0. The van der Waals surface area contributed by atoms with Gasteiger partial charge in [-0.1, -0.05) is 5.16 Å². The second-order valence-electron chi connectivity index (χ2n) is 8.75. The fraction of sp³-hybridized carbons (Fsp3) is 0.542. The summed E-state index contributed by atoms with van der Waals surface area (Å²) in [6.07, 6.45) is -1.56. The minimum atomic E-state index is -2.66. The molecule has 0 amide bonds. The predicted octanol–water partition coefficient (Wildman–Crippen LogP) is 3.64. The Bertz CT molecular complexity index is 1370. The normalized spacial score (nSPS) is 25.1. The first-order valence-corrected chi connectivity index (χ1v) is 11.0. The van der Waals surface area contributed by atoms with E-state index < -0.39 is 30.4 Å². The van der Waals surface area contributed by atoms with Crippen molar-refractivity contribution in [3.05, 3.63) is 57.1 Å². The molecule has 2 unspecified atom stereocenters. The van der Waals surface area contributed by atoms with E-state index in [2.05, 4.69) is 10.1 Å². The number of halogens is 1. The Kier molecular flexibility index (Phi) is 4.46. The Balaban J connectivity index is 1.42. The molecule has 1 N–H and O–H groups in total. The van der Waals surface area contributed by atoms with E-state index in [4.69, 9.17) is 10.0 Å². The Morgan fingerprint density at radius 3 is 2.84 bits per heavy atom. The first-order valence-electron chi connectivity index (χ1n) is 13.0. The molecular formula is C24H29FN4O3. The summed E-state index contributed by atoms with van der Waals surface area (Å²) in [4.78, 5) is 19.2. The zero-order valence-electron chi connectivity index (χ0n) is 22.1. The SMILES string of the molecule is [2H]C([2H])(c1c(C)nc2n(c1=O)C(C)CCC2O)C([2H])([2H])N1CCC(c2noc3cc(F)ccc23)CC1. The van der Waals surface area contributed by atoms with Gasteiger partial charge >= 0.3 is 0 Å². The molecule has 0 radical (unpaired) electrons. The average Bonchev–Trinajstić information content (AvgIpc) is 3.24. The quantitative estimate of drug-likeness (QED) is 0.661. The number of rotatable bonds is 4. The molecule has 5 rings (SSSR count). The maximum absolute atomic E-state index is 13.5. The van der Waals surface area contributed by atoms with Crippen LogP contribution in [0.25, 0.3) is 11.0 Å². The monoisotopic (exact) mass is 444 g/mol. The molecule has 32 heavy (non-hydrogen) atoms. The molecule has 1 aromatic carbocycles. The smallest absolute Gasteiger partial charge is 0.257 e. The molecule has 2 aliphatic rings. The zero-order valence-corrected chi connectivity index (χ0v) is 18.1. The number of likely N-dealkylation sites (tertiary alicyclic amines) is 1. The Morgan fingerprint density at radius 1 is 1.28 bits per heavy atom. The van der Waals surface area contributed by atoms with Crippen LogP contribution in [-0.2, 0) is 6.37 Å². The number of hydrogen-bond acceptors (Lipinski definition) is 6. The van der Waals surface area contributed by atoms with Crippen molar-refractivity contribution in [2.24, 2.45) is 0 Å². The molecule has 8 heteroatoms. The van der Waals surface area contributed by atoms with Crippen LogP contribution in [0.3, 0.4) is 0 Å². The van der Waals surface area contributed by atoms with E-state index in [0.717, 1.165) is 0 Å². The molecule has 0 aliphatic carbocycles. The fourth-order valence-corrected chi connectivity index (χ4v) is 4.75. The highest BCUT2D eigenvalue weighted by Crippen LogP contribution is 2.33. The van der Waals surface area contributed by atoms with Crippen molar-refractivity contribution < 1.29 is 19.5 Å². The highest BCUT2D eigenvalue weighted by molar-refractivity contribution is 5.79. The number of hydrogen-bond donors (Lipinski definition) is 1. The minimum Gasteiger partial charge on any atom is -0.385 e. The molecule has 1 fully saturated rings. The molecular weight excluding hydrogens is 411 g/mol. The summed E-state index contributed by atoms with van der Waals surface area (Å²) in [7, 11) is 0. The van der Waals surface area contributed by atoms with Crippen LogP contribution < -0.4 is 5.56 Å². The van der Waals surface area contributed by atoms with Crippen LogP contribution in [0.2, 0.25) is 0 Å². The van der Waals surface area contributed by atoms with Crippen molar-refractivity contribution in [1.82, 2.24) is 19.6 Å². The molecule has 170 valence electrons. The number of aryl methyl sites for hydroxylation is 1. The van der Waals surface area contributed by atoms with Crippen LogP contribution in [0.1, 0.15) is 78.9 Å². The third-order valence-electron chi connectivity index (χ3n) is 6.60. The fourth-order valence-electron chi connectivity index (χ4n) is 4.75. The summed E-state index contributed by atoms with van der Waals surface area (Å²) in [6.45, 7) is 1.28. The molecule has 0 saturated carbocycles. The largest absolute Gasteiger partial charge is 0.385 e. The summed E-state index contributed by atoms with van der Waals surface area (Å²) in [6, 6.07) is 3.98. The number of benzene rings is 1. The highest BCUT2D eigenvalue weighted by atomic mass is 19.1. The van der Waals surface area contributed by atoms with Gasteiger partial charge in [0, 0.05) is 46.6 Å². The van der Waals surface area contributed by atoms with Gasteiger partial charge in [0.1, 0.15) is 17.7 Å². The molecule has 2 aliphatic heterocycles. The van der Waals surface area contributed by atoms with Gasteiger partial charge in [0.2, 0.25) is 0 Å². The number of nitrogens with zero attached hydrogens (tertiary/aromatic N) is 4. The maximum atomic E-state index is 13.5. The summed E-state index contributed by atoms with van der Waals surface area (Å²) in [5.74, 6) is -0.256. The number of aliphatic hydroxyl groups excluding tert-OH is 1. The first-order chi connectivity index (χ1) is 16.9. The topological polar surface area (TPSA) is 84.4 Å². The van der Waals surface area contributed by atoms with Gasteiger partial charge < -0.3 is 14.5 Å². The van der Waals surface area contributed by atoms with Gasteiger partial charge in [-0.2, -0.15) is 0 Å². The van der Waals surface area contributed by atoms with Crippen LogP contribution in [0.15, 0.2) is 27.5 Å². The number of aromatic nitrogens is 3. The predicted molar refractivity (Wildman–Crippen MR) is 118 cm³/mol. The first kappa shape index (κ1) is 17.0. The average molecular weight is 445 g/mol. The maximum Gasteiger partial charge on any atom is 0.257 e. The van der Waals surface area contributed by atoms with E-state index in [-0.39, 0.29) is 42.1 Å². The zero-order chi connectivity index (χ0) is 26.0. The molecule has 0 spiro atoms. The van der Waals surface area contributed by atoms with E-state index in [0.29, 0.717) is 42.3 Å². The summed E-state index contributed by atoms with van der Waals surface area (Å²) in [5, 5.41) is 15.2. The van der Waals surface area contributed by atoms with Crippen molar-refractivity contribution >= 4 is 11.0 Å². The van der Waals surface area contributed by atoms with Crippen molar-refractivity contribution in [1.29, 1.82) is 0 Å². The van der Waals surface area contributed by atoms with E-state index in [1.165, 1.54) is 28.5 Å². The van der Waals surface area contributed by atoms with E-state index in [1.807, 2.05) is 6.92 Å².